The molecule has 0 bridgehead atoms. The third-order valence-corrected chi connectivity index (χ3v) is 7.35. The fourth-order valence-corrected chi connectivity index (χ4v) is 5.26. The Morgan fingerprint density at radius 2 is 1.86 bits per heavy atom. The number of halogens is 1. The highest BCUT2D eigenvalue weighted by atomic mass is 19.1. The highest BCUT2D eigenvalue weighted by molar-refractivity contribution is 5.90. The summed E-state index contributed by atoms with van der Waals surface area (Å²) in [5, 5.41) is 3.89. The van der Waals surface area contributed by atoms with Crippen LogP contribution in [0.4, 0.5) is 10.3 Å². The fourth-order valence-electron chi connectivity index (χ4n) is 5.26. The average Bonchev–Trinajstić information content (AvgIpc) is 2.88. The predicted molar refractivity (Wildman–Crippen MR) is 137 cm³/mol. The Balaban J connectivity index is 1.30. The predicted octanol–water partition coefficient (Wildman–Crippen LogP) is 4.12. The molecule has 36 heavy (non-hydrogen) atoms. The molecule has 3 heterocycles. The number of piperidine rings is 1. The number of carbonyl (C=O) groups excluding carboxylic acids is 2. The topological polar surface area (TPSA) is 78.4 Å². The lowest BCUT2D eigenvalue weighted by atomic mass is 9.93. The van der Waals surface area contributed by atoms with Gasteiger partial charge in [-0.25, -0.2) is 14.4 Å². The zero-order chi connectivity index (χ0) is 25.4. The molecule has 2 aliphatic heterocycles. The number of fused-ring (bicyclic) bond motifs is 1. The van der Waals surface area contributed by atoms with Gasteiger partial charge in [0, 0.05) is 37.5 Å². The summed E-state index contributed by atoms with van der Waals surface area (Å²) in [6.45, 7) is 8.50. The number of nitrogens with one attached hydrogen (secondary N) is 1. The Bertz CT molecular complexity index is 1300. The van der Waals surface area contributed by atoms with Crippen LogP contribution in [0.15, 0.2) is 42.5 Å². The maximum atomic E-state index is 13.9. The summed E-state index contributed by atoms with van der Waals surface area (Å²) in [5.41, 5.74) is 3.65. The van der Waals surface area contributed by atoms with Crippen LogP contribution in [-0.2, 0) is 9.59 Å². The third kappa shape index (κ3) is 4.64. The van der Waals surface area contributed by atoms with Crippen molar-refractivity contribution >= 4 is 28.7 Å². The number of rotatable bonds is 4. The first-order valence-corrected chi connectivity index (χ1v) is 12.7. The standard InChI is InChI=1S/C28H32FN5O2/c1-17(2)20-7-8-24-23(16-20)18(3)31-28(32-24)33-12-9-19(10-13-33)27(36)34-14-11-30-26(35)25(34)21-5-4-6-22(29)15-21/h4-8,15-17,19,25H,9-14H2,1-3H3,(H,30,35). The number of carbonyl (C=O) groups is 2. The Hall–Kier alpha value is -3.55. The molecule has 2 fully saturated rings. The first kappa shape index (κ1) is 24.2. The van der Waals surface area contributed by atoms with Crippen LogP contribution >= 0.6 is 0 Å². The van der Waals surface area contributed by atoms with Gasteiger partial charge in [-0.1, -0.05) is 32.0 Å². The van der Waals surface area contributed by atoms with E-state index in [1.807, 2.05) is 6.92 Å². The number of aromatic nitrogens is 2. The van der Waals surface area contributed by atoms with Gasteiger partial charge in [-0.05, 0) is 61.1 Å². The number of hydrogen-bond acceptors (Lipinski definition) is 5. The van der Waals surface area contributed by atoms with E-state index in [2.05, 4.69) is 42.3 Å². The molecule has 2 aromatic carbocycles. The van der Waals surface area contributed by atoms with Crippen molar-refractivity contribution in [2.75, 3.05) is 31.1 Å². The van der Waals surface area contributed by atoms with Gasteiger partial charge in [-0.2, -0.15) is 0 Å². The second-order valence-corrected chi connectivity index (χ2v) is 10.1. The minimum Gasteiger partial charge on any atom is -0.352 e. The molecule has 2 saturated heterocycles. The largest absolute Gasteiger partial charge is 0.352 e. The highest BCUT2D eigenvalue weighted by Gasteiger charge is 2.38. The molecule has 1 atom stereocenters. The first-order chi connectivity index (χ1) is 17.3. The number of piperazine rings is 1. The summed E-state index contributed by atoms with van der Waals surface area (Å²) >= 11 is 0. The number of aryl methyl sites for hydroxylation is 1. The lowest BCUT2D eigenvalue weighted by Gasteiger charge is -2.39. The van der Waals surface area contributed by atoms with Crippen molar-refractivity contribution < 1.29 is 14.0 Å². The highest BCUT2D eigenvalue weighted by Crippen LogP contribution is 2.30. The molecule has 0 aliphatic carbocycles. The summed E-state index contributed by atoms with van der Waals surface area (Å²) in [7, 11) is 0. The van der Waals surface area contributed by atoms with Gasteiger partial charge in [0.1, 0.15) is 11.9 Å². The van der Waals surface area contributed by atoms with Crippen LogP contribution in [0.25, 0.3) is 10.9 Å². The van der Waals surface area contributed by atoms with E-state index >= 15 is 0 Å². The smallest absolute Gasteiger partial charge is 0.247 e. The van der Waals surface area contributed by atoms with Crippen molar-refractivity contribution in [1.29, 1.82) is 0 Å². The van der Waals surface area contributed by atoms with Crippen LogP contribution in [0, 0.1) is 18.7 Å². The van der Waals surface area contributed by atoms with E-state index in [-0.39, 0.29) is 17.7 Å². The second-order valence-electron chi connectivity index (χ2n) is 10.1. The molecular formula is C28H32FN5O2. The molecule has 1 unspecified atom stereocenters. The van der Waals surface area contributed by atoms with Crippen LogP contribution in [0.1, 0.15) is 55.5 Å². The van der Waals surface area contributed by atoms with Gasteiger partial charge < -0.3 is 15.1 Å². The maximum absolute atomic E-state index is 13.9. The van der Waals surface area contributed by atoms with Crippen molar-refractivity contribution in [2.24, 2.45) is 5.92 Å². The van der Waals surface area contributed by atoms with Gasteiger partial charge >= 0.3 is 0 Å². The minimum absolute atomic E-state index is 0.0458. The zero-order valence-corrected chi connectivity index (χ0v) is 21.0. The van der Waals surface area contributed by atoms with Gasteiger partial charge in [0.25, 0.3) is 0 Å². The van der Waals surface area contributed by atoms with Gasteiger partial charge in [0.15, 0.2) is 0 Å². The molecule has 1 N–H and O–H groups in total. The van der Waals surface area contributed by atoms with Crippen molar-refractivity contribution in [2.45, 2.75) is 45.6 Å². The van der Waals surface area contributed by atoms with Crippen LogP contribution in [0.2, 0.25) is 0 Å². The molecule has 7 nitrogen and oxygen atoms in total. The van der Waals surface area contributed by atoms with E-state index in [4.69, 9.17) is 9.97 Å². The normalized spacial score (nSPS) is 19.1. The number of anilines is 1. The van der Waals surface area contributed by atoms with E-state index in [0.29, 0.717) is 56.5 Å². The van der Waals surface area contributed by atoms with E-state index in [1.54, 1.807) is 17.0 Å². The van der Waals surface area contributed by atoms with Crippen LogP contribution in [0.5, 0.6) is 0 Å². The quantitative estimate of drug-likeness (QED) is 0.597. The Kier molecular flexibility index (Phi) is 6.60. The SMILES string of the molecule is Cc1nc(N2CCC(C(=O)N3CCNC(=O)C3c3cccc(F)c3)CC2)nc2ccc(C(C)C)cc12. The molecule has 0 saturated carbocycles. The summed E-state index contributed by atoms with van der Waals surface area (Å²) in [6, 6.07) is 11.5. The van der Waals surface area contributed by atoms with E-state index in [9.17, 15) is 14.0 Å². The Morgan fingerprint density at radius 1 is 1.08 bits per heavy atom. The molecule has 188 valence electrons. The molecular weight excluding hydrogens is 457 g/mol. The van der Waals surface area contributed by atoms with Crippen LogP contribution in [0.3, 0.4) is 0 Å². The maximum Gasteiger partial charge on any atom is 0.247 e. The molecule has 3 aromatic rings. The lowest BCUT2D eigenvalue weighted by Crippen LogP contribution is -2.54. The monoisotopic (exact) mass is 489 g/mol. The fraction of sp³-hybridized carbons (Fsp3) is 0.429. The third-order valence-electron chi connectivity index (χ3n) is 7.35. The average molecular weight is 490 g/mol. The van der Waals surface area contributed by atoms with Crippen molar-refractivity contribution in [1.82, 2.24) is 20.2 Å². The lowest BCUT2D eigenvalue weighted by molar-refractivity contribution is -0.147. The first-order valence-electron chi connectivity index (χ1n) is 12.7. The van der Waals surface area contributed by atoms with Gasteiger partial charge in [-0.15, -0.1) is 0 Å². The van der Waals surface area contributed by atoms with Crippen molar-refractivity contribution in [3.8, 4) is 0 Å². The number of hydrogen-bond donors (Lipinski definition) is 1. The summed E-state index contributed by atoms with van der Waals surface area (Å²) in [5.74, 6) is 0.208. The van der Waals surface area contributed by atoms with Crippen molar-refractivity contribution in [3.05, 3.63) is 65.1 Å². The molecule has 1 aromatic heterocycles. The molecule has 2 aliphatic rings. The summed E-state index contributed by atoms with van der Waals surface area (Å²) in [6.07, 6.45) is 1.30. The summed E-state index contributed by atoms with van der Waals surface area (Å²) < 4.78 is 13.9. The Labute approximate surface area is 210 Å². The second kappa shape index (κ2) is 9.84. The van der Waals surface area contributed by atoms with Crippen LogP contribution in [-0.4, -0.2) is 52.9 Å². The number of benzene rings is 2. The molecule has 5 rings (SSSR count). The molecule has 0 spiro atoms. The minimum atomic E-state index is -0.804. The summed E-state index contributed by atoms with van der Waals surface area (Å²) in [4.78, 5) is 39.6. The van der Waals surface area contributed by atoms with Gasteiger partial charge in [-0.3, -0.25) is 9.59 Å². The van der Waals surface area contributed by atoms with Gasteiger partial charge in [0.05, 0.1) is 11.2 Å². The van der Waals surface area contributed by atoms with E-state index in [1.165, 1.54) is 17.7 Å². The Morgan fingerprint density at radius 3 is 2.58 bits per heavy atom. The van der Waals surface area contributed by atoms with Gasteiger partial charge in [0.2, 0.25) is 17.8 Å². The van der Waals surface area contributed by atoms with E-state index < -0.39 is 11.9 Å². The van der Waals surface area contributed by atoms with Crippen LogP contribution < -0.4 is 10.2 Å². The number of nitrogens with zero attached hydrogens (tertiary/aromatic N) is 4. The zero-order valence-electron chi connectivity index (χ0n) is 21.0. The molecule has 8 heteroatoms. The molecule has 2 amide bonds. The number of amides is 2. The van der Waals surface area contributed by atoms with E-state index in [0.717, 1.165) is 16.6 Å². The molecule has 0 radical (unpaired) electrons. The van der Waals surface area contributed by atoms with Crippen molar-refractivity contribution in [3.63, 3.8) is 0 Å².